The maximum absolute atomic E-state index is 8.34. The summed E-state index contributed by atoms with van der Waals surface area (Å²) < 4.78 is 4.04. The molecule has 58 valence electrons. The molecule has 0 aliphatic heterocycles. The van der Waals surface area contributed by atoms with Gasteiger partial charge in [0.25, 0.3) is 0 Å². The molecule has 0 spiro atoms. The Kier molecular flexibility index (Phi) is 2.39. The van der Waals surface area contributed by atoms with Gasteiger partial charge < -0.3 is 4.90 Å². The summed E-state index contributed by atoms with van der Waals surface area (Å²) in [6, 6.07) is 2.03. The minimum Gasteiger partial charge on any atom is -0.346 e. The second-order valence-corrected chi connectivity index (χ2v) is 3.05. The fourth-order valence-corrected chi connectivity index (χ4v) is 1.21. The molecule has 0 saturated heterocycles. The van der Waals surface area contributed by atoms with Gasteiger partial charge >= 0.3 is 0 Å². The average molecular weight is 168 g/mol. The Morgan fingerprint density at radius 1 is 1.64 bits per heavy atom. The Morgan fingerprint density at radius 2 is 2.36 bits per heavy atom. The van der Waals surface area contributed by atoms with Crippen molar-refractivity contribution in [1.29, 1.82) is 5.26 Å². The molecule has 1 aromatic rings. The highest BCUT2D eigenvalue weighted by Gasteiger charge is 2.03. The number of nitriles is 1. The summed E-state index contributed by atoms with van der Waals surface area (Å²) in [5.74, 6) is 0.681. The van der Waals surface area contributed by atoms with E-state index in [2.05, 4.69) is 9.36 Å². The molecule has 0 aliphatic carbocycles. The van der Waals surface area contributed by atoms with Crippen molar-refractivity contribution in [3.05, 3.63) is 5.01 Å². The van der Waals surface area contributed by atoms with Crippen LogP contribution in [0.1, 0.15) is 5.01 Å². The third-order valence-corrected chi connectivity index (χ3v) is 1.79. The fourth-order valence-electron chi connectivity index (χ4n) is 0.567. The lowest BCUT2D eigenvalue weighted by molar-refractivity contribution is 1.03. The van der Waals surface area contributed by atoms with E-state index in [1.807, 2.05) is 25.1 Å². The number of rotatable bonds is 2. The summed E-state index contributed by atoms with van der Waals surface area (Å²) in [6.07, 6.45) is 0.353. The molecule has 0 amide bonds. The standard InChI is InChI=1S/C6H8N4S/c1-10(2)6-8-5(3-4-7)11-9-6/h3H2,1-2H3. The lowest BCUT2D eigenvalue weighted by Gasteiger charge is -2.03. The second kappa shape index (κ2) is 3.30. The predicted octanol–water partition coefficient (Wildman–Crippen LogP) is 0.670. The maximum Gasteiger partial charge on any atom is 0.236 e. The van der Waals surface area contributed by atoms with Crippen LogP contribution in [0.15, 0.2) is 0 Å². The van der Waals surface area contributed by atoms with E-state index in [-0.39, 0.29) is 0 Å². The maximum atomic E-state index is 8.34. The van der Waals surface area contributed by atoms with Gasteiger partial charge in [-0.1, -0.05) is 0 Å². The van der Waals surface area contributed by atoms with Gasteiger partial charge in [0.2, 0.25) is 5.95 Å². The molecule has 1 heterocycles. The number of hydrogen-bond donors (Lipinski definition) is 0. The van der Waals surface area contributed by atoms with E-state index < -0.39 is 0 Å². The van der Waals surface area contributed by atoms with Gasteiger partial charge in [-0.3, -0.25) is 0 Å². The molecule has 1 aromatic heterocycles. The zero-order valence-electron chi connectivity index (χ0n) is 6.40. The summed E-state index contributed by atoms with van der Waals surface area (Å²) in [4.78, 5) is 5.93. The topological polar surface area (TPSA) is 52.8 Å². The minimum absolute atomic E-state index is 0.353. The van der Waals surface area contributed by atoms with Crippen LogP contribution >= 0.6 is 11.5 Å². The first-order chi connectivity index (χ1) is 5.24. The first-order valence-corrected chi connectivity index (χ1v) is 3.88. The highest BCUT2D eigenvalue weighted by Crippen LogP contribution is 2.10. The molecule has 0 saturated carbocycles. The van der Waals surface area contributed by atoms with Gasteiger partial charge in [0, 0.05) is 14.1 Å². The summed E-state index contributed by atoms with van der Waals surface area (Å²) in [5.41, 5.74) is 0. The van der Waals surface area contributed by atoms with E-state index in [9.17, 15) is 0 Å². The van der Waals surface area contributed by atoms with Gasteiger partial charge in [0.1, 0.15) is 5.01 Å². The molecule has 5 heteroatoms. The van der Waals surface area contributed by atoms with E-state index in [1.165, 1.54) is 11.5 Å². The molecule has 0 unspecified atom stereocenters. The van der Waals surface area contributed by atoms with Crippen molar-refractivity contribution in [2.24, 2.45) is 0 Å². The summed E-state index contributed by atoms with van der Waals surface area (Å²) in [6.45, 7) is 0. The minimum atomic E-state index is 0.353. The molecule has 4 nitrogen and oxygen atoms in total. The third-order valence-electron chi connectivity index (χ3n) is 1.09. The first kappa shape index (κ1) is 7.95. The lowest BCUT2D eigenvalue weighted by Crippen LogP contribution is -2.10. The van der Waals surface area contributed by atoms with Gasteiger partial charge in [0.15, 0.2) is 0 Å². The highest BCUT2D eigenvalue weighted by molar-refractivity contribution is 7.05. The third kappa shape index (κ3) is 1.88. The Bertz CT molecular complexity index is 272. The molecule has 0 aliphatic rings. The average Bonchev–Trinajstić information content (AvgIpc) is 2.37. The van der Waals surface area contributed by atoms with Crippen LogP contribution in [-0.4, -0.2) is 23.5 Å². The van der Waals surface area contributed by atoms with Gasteiger partial charge in [-0.15, -0.1) is 0 Å². The molecular weight excluding hydrogens is 160 g/mol. The molecule has 11 heavy (non-hydrogen) atoms. The van der Waals surface area contributed by atoms with Crippen molar-refractivity contribution in [3.63, 3.8) is 0 Å². The Labute approximate surface area is 69.3 Å². The Balaban J connectivity index is 2.75. The van der Waals surface area contributed by atoms with Crippen molar-refractivity contribution in [2.75, 3.05) is 19.0 Å². The highest BCUT2D eigenvalue weighted by atomic mass is 32.1. The molecule has 1 rings (SSSR count). The van der Waals surface area contributed by atoms with Gasteiger partial charge in [-0.25, -0.2) is 4.98 Å². The van der Waals surface area contributed by atoms with Gasteiger partial charge in [-0.05, 0) is 11.5 Å². The number of hydrogen-bond acceptors (Lipinski definition) is 5. The number of nitrogens with zero attached hydrogens (tertiary/aromatic N) is 4. The van der Waals surface area contributed by atoms with Crippen LogP contribution in [-0.2, 0) is 6.42 Å². The van der Waals surface area contributed by atoms with Crippen molar-refractivity contribution in [3.8, 4) is 6.07 Å². The zero-order chi connectivity index (χ0) is 8.27. The Morgan fingerprint density at radius 3 is 2.82 bits per heavy atom. The SMILES string of the molecule is CN(C)c1nsc(CC#N)n1. The van der Waals surface area contributed by atoms with Crippen molar-refractivity contribution in [1.82, 2.24) is 9.36 Å². The zero-order valence-corrected chi connectivity index (χ0v) is 7.22. The lowest BCUT2D eigenvalue weighted by atomic mass is 10.5. The molecule has 0 radical (unpaired) electrons. The monoisotopic (exact) mass is 168 g/mol. The molecule has 0 N–H and O–H groups in total. The van der Waals surface area contributed by atoms with E-state index in [4.69, 9.17) is 5.26 Å². The van der Waals surface area contributed by atoms with Gasteiger partial charge in [-0.2, -0.15) is 9.64 Å². The van der Waals surface area contributed by atoms with Crippen LogP contribution in [0.3, 0.4) is 0 Å². The normalized spacial score (nSPS) is 9.18. The van der Waals surface area contributed by atoms with E-state index in [0.717, 1.165) is 5.01 Å². The summed E-state index contributed by atoms with van der Waals surface area (Å²) >= 11 is 1.28. The van der Waals surface area contributed by atoms with Crippen LogP contribution in [0.25, 0.3) is 0 Å². The van der Waals surface area contributed by atoms with Crippen LogP contribution < -0.4 is 4.90 Å². The Hall–Kier alpha value is -1.15. The van der Waals surface area contributed by atoms with E-state index in [0.29, 0.717) is 12.4 Å². The summed E-state index contributed by atoms with van der Waals surface area (Å²) in [5, 5.41) is 9.12. The smallest absolute Gasteiger partial charge is 0.236 e. The van der Waals surface area contributed by atoms with Crippen LogP contribution in [0.4, 0.5) is 5.95 Å². The second-order valence-electron chi connectivity index (χ2n) is 2.22. The van der Waals surface area contributed by atoms with E-state index in [1.54, 1.807) is 0 Å². The molecule has 0 aromatic carbocycles. The van der Waals surface area contributed by atoms with Crippen molar-refractivity contribution in [2.45, 2.75) is 6.42 Å². The predicted molar refractivity (Wildman–Crippen MR) is 43.6 cm³/mol. The quantitative estimate of drug-likeness (QED) is 0.651. The van der Waals surface area contributed by atoms with E-state index >= 15 is 0 Å². The number of aromatic nitrogens is 2. The van der Waals surface area contributed by atoms with Crippen LogP contribution in [0, 0.1) is 11.3 Å². The molecule has 0 bridgehead atoms. The van der Waals surface area contributed by atoms with Crippen molar-refractivity contribution < 1.29 is 0 Å². The number of anilines is 1. The summed E-state index contributed by atoms with van der Waals surface area (Å²) in [7, 11) is 3.75. The van der Waals surface area contributed by atoms with Crippen molar-refractivity contribution >= 4 is 17.5 Å². The molecule has 0 fully saturated rings. The largest absolute Gasteiger partial charge is 0.346 e. The first-order valence-electron chi connectivity index (χ1n) is 3.11. The van der Waals surface area contributed by atoms with Crippen LogP contribution in [0.2, 0.25) is 0 Å². The fraction of sp³-hybridized carbons (Fsp3) is 0.500. The van der Waals surface area contributed by atoms with Gasteiger partial charge in [0.05, 0.1) is 12.5 Å². The van der Waals surface area contributed by atoms with Crippen LogP contribution in [0.5, 0.6) is 0 Å². The molecule has 0 atom stereocenters. The molecular formula is C6H8N4S.